The van der Waals surface area contributed by atoms with E-state index < -0.39 is 5.97 Å². The van der Waals surface area contributed by atoms with Crippen molar-refractivity contribution in [2.75, 3.05) is 0 Å². The Labute approximate surface area is 100 Å². The first-order valence-corrected chi connectivity index (χ1v) is 6.27. The molecule has 0 aromatic carbocycles. The second-order valence-electron chi connectivity index (χ2n) is 3.31. The predicted molar refractivity (Wildman–Crippen MR) is 65.5 cm³/mol. The highest BCUT2D eigenvalue weighted by molar-refractivity contribution is 9.11. The van der Waals surface area contributed by atoms with Crippen molar-refractivity contribution < 1.29 is 9.90 Å². The molecule has 0 saturated heterocycles. The number of allylic oxidation sites excluding steroid dienone is 4. The molecule has 1 N–H and O–H groups in total. The van der Waals surface area contributed by atoms with Crippen LogP contribution in [0.3, 0.4) is 0 Å². The molecule has 0 saturated carbocycles. The molecule has 2 nitrogen and oxygen atoms in total. The number of halogens is 1. The number of thiophene rings is 1. The highest BCUT2D eigenvalue weighted by atomic mass is 79.9. The standard InChI is InChI=1S/C11H9BrO2S/c12-8-3-1-7(2-4-8)9-5-15-6-10(9)11(13)14/h1,3,5-6H,2,4H2,(H,13,14). The van der Waals surface area contributed by atoms with Gasteiger partial charge in [0.05, 0.1) is 5.56 Å². The van der Waals surface area contributed by atoms with Gasteiger partial charge in [-0.1, -0.05) is 28.1 Å². The van der Waals surface area contributed by atoms with E-state index in [0.29, 0.717) is 5.56 Å². The molecule has 0 amide bonds. The fourth-order valence-electron chi connectivity index (χ4n) is 1.55. The Bertz CT molecular complexity index is 457. The Hall–Kier alpha value is -0.870. The van der Waals surface area contributed by atoms with E-state index in [-0.39, 0.29) is 0 Å². The SMILES string of the molecule is O=C(O)c1cscc1C1=CC=C(Br)CC1. The molecule has 4 heteroatoms. The van der Waals surface area contributed by atoms with Gasteiger partial charge in [-0.25, -0.2) is 4.79 Å². The fourth-order valence-corrected chi connectivity index (χ4v) is 2.72. The van der Waals surface area contributed by atoms with Crippen LogP contribution in [0.25, 0.3) is 5.57 Å². The zero-order valence-electron chi connectivity index (χ0n) is 7.87. The lowest BCUT2D eigenvalue weighted by Crippen LogP contribution is -1.99. The Morgan fingerprint density at radius 1 is 1.33 bits per heavy atom. The van der Waals surface area contributed by atoms with Crippen molar-refractivity contribution >= 4 is 38.8 Å². The van der Waals surface area contributed by atoms with E-state index in [1.165, 1.54) is 15.8 Å². The first kappa shape index (κ1) is 10.6. The molecule has 1 aliphatic rings. The molecule has 0 aliphatic heterocycles. The summed E-state index contributed by atoms with van der Waals surface area (Å²) in [4.78, 5) is 10.9. The Kier molecular flexibility index (Phi) is 3.07. The minimum absolute atomic E-state index is 0.415. The number of hydrogen-bond acceptors (Lipinski definition) is 2. The van der Waals surface area contributed by atoms with Crippen LogP contribution < -0.4 is 0 Å². The van der Waals surface area contributed by atoms with E-state index in [1.807, 2.05) is 17.5 Å². The Morgan fingerprint density at radius 3 is 2.73 bits per heavy atom. The van der Waals surface area contributed by atoms with Gasteiger partial charge >= 0.3 is 5.97 Å². The zero-order chi connectivity index (χ0) is 10.8. The number of hydrogen-bond donors (Lipinski definition) is 1. The van der Waals surface area contributed by atoms with Gasteiger partial charge in [0.25, 0.3) is 0 Å². The Balaban J connectivity index is 2.38. The van der Waals surface area contributed by atoms with Crippen molar-refractivity contribution in [3.8, 4) is 0 Å². The van der Waals surface area contributed by atoms with Gasteiger partial charge in [0.15, 0.2) is 0 Å². The minimum Gasteiger partial charge on any atom is -0.478 e. The lowest BCUT2D eigenvalue weighted by atomic mass is 9.97. The molecule has 1 aliphatic carbocycles. The van der Waals surface area contributed by atoms with Crippen LogP contribution in [0.1, 0.15) is 28.8 Å². The molecule has 78 valence electrons. The van der Waals surface area contributed by atoms with Crippen molar-refractivity contribution in [2.24, 2.45) is 0 Å². The molecule has 0 fully saturated rings. The molecular weight excluding hydrogens is 276 g/mol. The summed E-state index contributed by atoms with van der Waals surface area (Å²) >= 11 is 4.86. The number of aromatic carboxylic acids is 1. The van der Waals surface area contributed by atoms with E-state index in [2.05, 4.69) is 15.9 Å². The van der Waals surface area contributed by atoms with Crippen LogP contribution in [-0.2, 0) is 0 Å². The van der Waals surface area contributed by atoms with Gasteiger partial charge in [0.2, 0.25) is 0 Å². The summed E-state index contributed by atoms with van der Waals surface area (Å²) in [7, 11) is 0. The second kappa shape index (κ2) is 4.33. The first-order chi connectivity index (χ1) is 7.18. The normalized spacial score (nSPS) is 15.8. The van der Waals surface area contributed by atoms with Gasteiger partial charge in [0, 0.05) is 10.9 Å². The largest absolute Gasteiger partial charge is 0.478 e. The summed E-state index contributed by atoms with van der Waals surface area (Å²) in [5, 5.41) is 12.6. The zero-order valence-corrected chi connectivity index (χ0v) is 10.3. The fraction of sp³-hybridized carbons (Fsp3) is 0.182. The van der Waals surface area contributed by atoms with Gasteiger partial charge in [-0.05, 0) is 28.3 Å². The average Bonchev–Trinajstić information content (AvgIpc) is 2.67. The lowest BCUT2D eigenvalue weighted by Gasteiger charge is -2.10. The van der Waals surface area contributed by atoms with Crippen molar-refractivity contribution in [1.82, 2.24) is 0 Å². The van der Waals surface area contributed by atoms with E-state index in [0.717, 1.165) is 24.0 Å². The van der Waals surface area contributed by atoms with Crippen LogP contribution in [0, 0.1) is 0 Å². The van der Waals surface area contributed by atoms with Gasteiger partial charge < -0.3 is 5.11 Å². The summed E-state index contributed by atoms with van der Waals surface area (Å²) < 4.78 is 1.17. The smallest absolute Gasteiger partial charge is 0.337 e. The van der Waals surface area contributed by atoms with Gasteiger partial charge in [0.1, 0.15) is 0 Å². The van der Waals surface area contributed by atoms with Crippen molar-refractivity contribution in [2.45, 2.75) is 12.8 Å². The van der Waals surface area contributed by atoms with Gasteiger partial charge in [-0.3, -0.25) is 0 Å². The molecule has 0 bridgehead atoms. The molecule has 1 heterocycles. The van der Waals surface area contributed by atoms with E-state index >= 15 is 0 Å². The summed E-state index contributed by atoms with van der Waals surface area (Å²) in [5.74, 6) is -0.847. The summed E-state index contributed by atoms with van der Waals surface area (Å²) in [6, 6.07) is 0. The quantitative estimate of drug-likeness (QED) is 0.894. The number of rotatable bonds is 2. The third kappa shape index (κ3) is 2.21. The van der Waals surface area contributed by atoms with Gasteiger partial charge in [-0.2, -0.15) is 11.3 Å². The molecular formula is C11H9BrO2S. The minimum atomic E-state index is -0.847. The molecule has 0 atom stereocenters. The van der Waals surface area contributed by atoms with E-state index in [1.54, 1.807) is 5.38 Å². The highest BCUT2D eigenvalue weighted by Crippen LogP contribution is 2.32. The van der Waals surface area contributed by atoms with Crippen LogP contribution in [0.5, 0.6) is 0 Å². The van der Waals surface area contributed by atoms with Crippen LogP contribution in [0.15, 0.2) is 27.4 Å². The lowest BCUT2D eigenvalue weighted by molar-refractivity contribution is 0.0697. The molecule has 0 spiro atoms. The maximum Gasteiger partial charge on any atom is 0.337 e. The van der Waals surface area contributed by atoms with Crippen molar-refractivity contribution in [3.05, 3.63) is 38.5 Å². The van der Waals surface area contributed by atoms with E-state index in [9.17, 15) is 4.79 Å². The molecule has 2 rings (SSSR count). The average molecular weight is 285 g/mol. The third-order valence-corrected chi connectivity index (χ3v) is 3.74. The molecule has 1 aromatic heterocycles. The summed E-state index contributed by atoms with van der Waals surface area (Å²) in [5.41, 5.74) is 2.39. The molecule has 0 unspecified atom stereocenters. The summed E-state index contributed by atoms with van der Waals surface area (Å²) in [6.07, 6.45) is 5.82. The Morgan fingerprint density at radius 2 is 2.13 bits per heavy atom. The van der Waals surface area contributed by atoms with Crippen LogP contribution in [-0.4, -0.2) is 11.1 Å². The van der Waals surface area contributed by atoms with Crippen LogP contribution in [0.2, 0.25) is 0 Å². The number of carboxylic acids is 1. The topological polar surface area (TPSA) is 37.3 Å². The van der Waals surface area contributed by atoms with Crippen molar-refractivity contribution in [1.29, 1.82) is 0 Å². The monoisotopic (exact) mass is 284 g/mol. The van der Waals surface area contributed by atoms with E-state index in [4.69, 9.17) is 5.11 Å². The highest BCUT2D eigenvalue weighted by Gasteiger charge is 2.15. The maximum absolute atomic E-state index is 10.9. The van der Waals surface area contributed by atoms with Gasteiger partial charge in [-0.15, -0.1) is 0 Å². The number of carbonyl (C=O) groups is 1. The third-order valence-electron chi connectivity index (χ3n) is 2.34. The van der Waals surface area contributed by atoms with Crippen molar-refractivity contribution in [3.63, 3.8) is 0 Å². The first-order valence-electron chi connectivity index (χ1n) is 4.53. The van der Waals surface area contributed by atoms with Crippen LogP contribution in [0.4, 0.5) is 0 Å². The molecule has 0 radical (unpaired) electrons. The number of carboxylic acid groups (broad SMARTS) is 1. The molecule has 1 aromatic rings. The maximum atomic E-state index is 10.9. The molecule has 15 heavy (non-hydrogen) atoms. The predicted octanol–water partition coefficient (Wildman–Crippen LogP) is 3.90. The van der Waals surface area contributed by atoms with Crippen LogP contribution >= 0.6 is 27.3 Å². The second-order valence-corrected chi connectivity index (χ2v) is 5.07. The summed E-state index contributed by atoms with van der Waals surface area (Å²) in [6.45, 7) is 0.